The number of aromatic nitrogens is 6. The fourth-order valence-corrected chi connectivity index (χ4v) is 4.38. The Morgan fingerprint density at radius 3 is 2.75 bits per heavy atom. The third-order valence-corrected chi connectivity index (χ3v) is 5.93. The molecule has 2 atom stereocenters. The maximum Gasteiger partial charge on any atom is 0.242 e. The average Bonchev–Trinajstić information content (AvgIpc) is 3.43. The highest BCUT2D eigenvalue weighted by Gasteiger charge is 2.36. The fourth-order valence-electron chi connectivity index (χ4n) is 4.38. The Kier molecular flexibility index (Phi) is 4.70. The molecule has 0 radical (unpaired) electrons. The van der Waals surface area contributed by atoms with Crippen LogP contribution in [0.3, 0.4) is 0 Å². The molecule has 5 N–H and O–H groups in total. The molecule has 1 amide bonds. The topological polar surface area (TPSA) is 154 Å². The number of nitrogens with zero attached hydrogens (tertiary/aromatic N) is 7. The van der Waals surface area contributed by atoms with Gasteiger partial charge >= 0.3 is 0 Å². The number of nitrogen functional groups attached to an aromatic ring is 2. The van der Waals surface area contributed by atoms with Crippen molar-refractivity contribution in [2.75, 3.05) is 24.6 Å². The lowest BCUT2D eigenvalue weighted by Gasteiger charge is -2.19. The highest BCUT2D eigenvalue weighted by atomic mass is 16.3. The lowest BCUT2D eigenvalue weighted by molar-refractivity contribution is -0.131. The van der Waals surface area contributed by atoms with Gasteiger partial charge in [0.2, 0.25) is 11.9 Å². The van der Waals surface area contributed by atoms with E-state index in [0.29, 0.717) is 17.7 Å². The summed E-state index contributed by atoms with van der Waals surface area (Å²) in [6.45, 7) is 4.80. The summed E-state index contributed by atoms with van der Waals surface area (Å²) in [5, 5.41) is 10.8. The number of nitrogens with two attached hydrogens (primary N) is 2. The van der Waals surface area contributed by atoms with Crippen molar-refractivity contribution >= 4 is 39.9 Å². The van der Waals surface area contributed by atoms with Gasteiger partial charge in [0.05, 0.1) is 29.5 Å². The average molecular weight is 435 g/mol. The van der Waals surface area contributed by atoms with Crippen LogP contribution in [0.4, 0.5) is 11.8 Å². The number of β-amino-alcohol motifs (C(OH)–C–C–N with tert-alkyl or cyclic N) is 1. The van der Waals surface area contributed by atoms with Crippen LogP contribution in [0.1, 0.15) is 31.6 Å². The van der Waals surface area contributed by atoms with E-state index < -0.39 is 12.1 Å². The van der Waals surface area contributed by atoms with Crippen LogP contribution in [0.2, 0.25) is 0 Å². The summed E-state index contributed by atoms with van der Waals surface area (Å²) in [5.74, 6) is 1.15. The number of imidazole rings is 2. The van der Waals surface area contributed by atoms with Crippen LogP contribution in [-0.4, -0.2) is 64.2 Å². The summed E-state index contributed by atoms with van der Waals surface area (Å²) >= 11 is 0. The monoisotopic (exact) mass is 435 g/mol. The minimum Gasteiger partial charge on any atom is -0.389 e. The molecule has 4 heterocycles. The molecule has 1 saturated heterocycles. The minimum atomic E-state index is -0.780. The number of hydrogen-bond donors (Lipinski definition) is 3. The molecule has 0 saturated carbocycles. The van der Waals surface area contributed by atoms with E-state index in [0.717, 1.165) is 16.9 Å². The predicted molar refractivity (Wildman–Crippen MR) is 120 cm³/mol. The van der Waals surface area contributed by atoms with Crippen LogP contribution in [-0.2, 0) is 11.3 Å². The van der Waals surface area contributed by atoms with Crippen molar-refractivity contribution in [3.8, 4) is 0 Å². The number of benzene rings is 1. The van der Waals surface area contributed by atoms with E-state index in [1.807, 2.05) is 28.8 Å². The Hall–Kier alpha value is -3.73. The van der Waals surface area contributed by atoms with E-state index >= 15 is 0 Å². The second-order valence-electron chi connectivity index (χ2n) is 8.42. The molecule has 0 aliphatic carbocycles. The zero-order chi connectivity index (χ0) is 22.6. The van der Waals surface area contributed by atoms with Crippen molar-refractivity contribution in [1.29, 1.82) is 0 Å². The largest absolute Gasteiger partial charge is 0.389 e. The van der Waals surface area contributed by atoms with E-state index in [1.54, 1.807) is 15.8 Å². The van der Waals surface area contributed by atoms with Gasteiger partial charge in [-0.05, 0) is 12.1 Å². The third-order valence-electron chi connectivity index (χ3n) is 5.93. The Bertz CT molecular complexity index is 1330. The number of para-hydroxylation sites is 2. The maximum absolute atomic E-state index is 13.2. The lowest BCUT2D eigenvalue weighted by atomic mass is 10.2. The molecule has 5 rings (SSSR count). The molecule has 1 aromatic carbocycles. The van der Waals surface area contributed by atoms with E-state index in [4.69, 9.17) is 16.5 Å². The van der Waals surface area contributed by atoms with Crippen LogP contribution in [0.15, 0.2) is 30.6 Å². The van der Waals surface area contributed by atoms with Crippen molar-refractivity contribution in [1.82, 2.24) is 34.0 Å². The van der Waals surface area contributed by atoms with Crippen molar-refractivity contribution in [3.05, 3.63) is 36.4 Å². The van der Waals surface area contributed by atoms with Crippen molar-refractivity contribution in [2.45, 2.75) is 38.5 Å². The number of carbonyl (C=O) groups excluding carboxylic acids is 1. The molecule has 0 unspecified atom stereocenters. The second kappa shape index (κ2) is 7.45. The van der Waals surface area contributed by atoms with Crippen LogP contribution >= 0.6 is 0 Å². The van der Waals surface area contributed by atoms with Gasteiger partial charge in [-0.1, -0.05) is 26.0 Å². The summed E-state index contributed by atoms with van der Waals surface area (Å²) in [7, 11) is 0. The van der Waals surface area contributed by atoms with Gasteiger partial charge in [0, 0.05) is 19.0 Å². The maximum atomic E-state index is 13.2. The molecule has 0 bridgehead atoms. The van der Waals surface area contributed by atoms with Crippen molar-refractivity contribution < 1.29 is 9.90 Å². The number of fused-ring (bicyclic) bond motifs is 2. The van der Waals surface area contributed by atoms with E-state index in [9.17, 15) is 9.90 Å². The normalized spacial score (nSPS) is 18.9. The predicted octanol–water partition coefficient (Wildman–Crippen LogP) is 0.908. The van der Waals surface area contributed by atoms with Crippen LogP contribution in [0.5, 0.6) is 0 Å². The Morgan fingerprint density at radius 1 is 1.19 bits per heavy atom. The van der Waals surface area contributed by atoms with Gasteiger partial charge in [-0.2, -0.15) is 9.97 Å². The SMILES string of the molecule is CC(C)c1nc2ccccc2n1CC(=O)N1C[C@H](O)[C@@H](n2cnc3c(N)nc(N)nc32)C1. The van der Waals surface area contributed by atoms with Gasteiger partial charge in [0.25, 0.3) is 0 Å². The van der Waals surface area contributed by atoms with Gasteiger partial charge in [-0.3, -0.25) is 4.79 Å². The first kappa shape index (κ1) is 20.2. The summed E-state index contributed by atoms with van der Waals surface area (Å²) < 4.78 is 3.68. The minimum absolute atomic E-state index is 0.0327. The summed E-state index contributed by atoms with van der Waals surface area (Å²) in [4.78, 5) is 32.0. The number of likely N-dealkylation sites (tertiary alicyclic amines) is 1. The Morgan fingerprint density at radius 2 is 1.97 bits per heavy atom. The highest BCUT2D eigenvalue weighted by molar-refractivity contribution is 5.83. The number of rotatable bonds is 4. The number of hydrogen-bond acceptors (Lipinski definition) is 8. The zero-order valence-corrected chi connectivity index (χ0v) is 17.9. The van der Waals surface area contributed by atoms with Crippen LogP contribution in [0.25, 0.3) is 22.2 Å². The standard InChI is InChI=1S/C21H25N9O2/c1-11(2)19-25-12-5-3-4-6-13(12)29(19)9-16(32)28-7-14(15(31)8-28)30-10-24-17-18(22)26-21(23)27-20(17)30/h3-6,10-11,14-15,31H,7-9H2,1-2H3,(H4,22,23,26,27)/t14-,15-/m0/s1. The molecule has 3 aromatic heterocycles. The third kappa shape index (κ3) is 3.21. The molecule has 4 aromatic rings. The molecule has 32 heavy (non-hydrogen) atoms. The number of aliphatic hydroxyl groups is 1. The zero-order valence-electron chi connectivity index (χ0n) is 17.9. The lowest BCUT2D eigenvalue weighted by Crippen LogP contribution is -2.33. The first-order valence-corrected chi connectivity index (χ1v) is 10.5. The van der Waals surface area contributed by atoms with Gasteiger partial charge in [-0.25, -0.2) is 9.97 Å². The number of amides is 1. The van der Waals surface area contributed by atoms with Gasteiger partial charge < -0.3 is 30.6 Å². The van der Waals surface area contributed by atoms with Crippen LogP contribution in [0, 0.1) is 0 Å². The Balaban J connectivity index is 1.42. The quantitative estimate of drug-likeness (QED) is 0.427. The van der Waals surface area contributed by atoms with Crippen molar-refractivity contribution in [2.24, 2.45) is 0 Å². The van der Waals surface area contributed by atoms with E-state index in [-0.39, 0.29) is 36.7 Å². The number of carbonyl (C=O) groups is 1. The Labute approximate surface area is 183 Å². The van der Waals surface area contributed by atoms with Crippen molar-refractivity contribution in [3.63, 3.8) is 0 Å². The molecule has 1 aliphatic rings. The van der Waals surface area contributed by atoms with Crippen LogP contribution < -0.4 is 11.5 Å². The first-order valence-electron chi connectivity index (χ1n) is 10.5. The second-order valence-corrected chi connectivity index (χ2v) is 8.42. The summed E-state index contributed by atoms with van der Waals surface area (Å²) in [6.07, 6.45) is 0.773. The summed E-state index contributed by atoms with van der Waals surface area (Å²) in [6, 6.07) is 7.37. The molecule has 11 nitrogen and oxygen atoms in total. The molecule has 1 aliphatic heterocycles. The number of anilines is 2. The van der Waals surface area contributed by atoms with Gasteiger partial charge in [0.15, 0.2) is 11.5 Å². The van der Waals surface area contributed by atoms with E-state index in [2.05, 4.69) is 28.8 Å². The molecular formula is C21H25N9O2. The molecule has 11 heteroatoms. The summed E-state index contributed by atoms with van der Waals surface area (Å²) in [5.41, 5.74) is 14.3. The molecular weight excluding hydrogens is 410 g/mol. The molecule has 166 valence electrons. The fraction of sp³-hybridized carbons (Fsp3) is 0.381. The van der Waals surface area contributed by atoms with Gasteiger partial charge in [0.1, 0.15) is 17.9 Å². The van der Waals surface area contributed by atoms with Gasteiger partial charge in [-0.15, -0.1) is 0 Å². The molecule has 0 spiro atoms. The van der Waals surface area contributed by atoms with E-state index in [1.165, 1.54) is 0 Å². The highest BCUT2D eigenvalue weighted by Crippen LogP contribution is 2.28. The smallest absolute Gasteiger partial charge is 0.242 e. The first-order chi connectivity index (χ1) is 15.3. The molecule has 1 fully saturated rings. The number of aliphatic hydroxyl groups excluding tert-OH is 1.